The molecule has 2 rings (SSSR count). The van der Waals surface area contributed by atoms with Crippen LogP contribution in [-0.4, -0.2) is 14.4 Å². The molecule has 16 heavy (non-hydrogen) atoms. The molecule has 0 saturated heterocycles. The first-order chi connectivity index (χ1) is 7.50. The van der Waals surface area contributed by atoms with E-state index in [1.807, 2.05) is 12.1 Å². The van der Waals surface area contributed by atoms with Gasteiger partial charge in [0.1, 0.15) is 5.25 Å². The van der Waals surface area contributed by atoms with Gasteiger partial charge in [-0.1, -0.05) is 36.4 Å². The number of carbonyl (C=O) groups excluding carboxylic acids is 1. The number of nitrogens with one attached hydrogen (secondary N) is 1. The number of hydrogen-bond donors (Lipinski definition) is 2. The highest BCUT2D eigenvalue weighted by Gasteiger charge is 2.30. The maximum absolute atomic E-state index is 11.7. The molecule has 1 aromatic rings. The molecular weight excluding hydrogens is 228 g/mol. The monoisotopic (exact) mass is 238 g/mol. The van der Waals surface area contributed by atoms with E-state index in [4.69, 9.17) is 5.73 Å². The van der Waals surface area contributed by atoms with Crippen LogP contribution in [0.1, 0.15) is 16.4 Å². The zero-order chi connectivity index (χ0) is 11.8. The number of fused-ring (bicyclic) bond motifs is 1. The molecule has 0 fully saturated rings. The van der Waals surface area contributed by atoms with Crippen LogP contribution < -0.4 is 10.5 Å². The Hall–Kier alpha value is -1.82. The van der Waals surface area contributed by atoms with Gasteiger partial charge in [-0.2, -0.15) is 0 Å². The number of amides is 2. The minimum atomic E-state index is -3.78. The van der Waals surface area contributed by atoms with E-state index >= 15 is 0 Å². The maximum atomic E-state index is 11.7. The van der Waals surface area contributed by atoms with Crippen molar-refractivity contribution in [3.8, 4) is 0 Å². The maximum Gasteiger partial charge on any atom is 0.325 e. The van der Waals surface area contributed by atoms with Crippen molar-refractivity contribution in [3.05, 3.63) is 41.5 Å². The van der Waals surface area contributed by atoms with Gasteiger partial charge in [0.2, 0.25) is 10.0 Å². The number of sulfonamides is 1. The van der Waals surface area contributed by atoms with E-state index in [1.165, 1.54) is 6.08 Å². The molecule has 1 aliphatic carbocycles. The van der Waals surface area contributed by atoms with Gasteiger partial charge in [-0.25, -0.2) is 17.9 Å². The first-order valence-electron chi connectivity index (χ1n) is 4.59. The molecule has 0 radical (unpaired) electrons. The number of carbonyl (C=O) groups is 1. The summed E-state index contributed by atoms with van der Waals surface area (Å²) in [5, 5.41) is -0.851. The van der Waals surface area contributed by atoms with Crippen LogP contribution in [0.2, 0.25) is 0 Å². The van der Waals surface area contributed by atoms with Crippen molar-refractivity contribution in [2.24, 2.45) is 5.73 Å². The number of hydrogen-bond acceptors (Lipinski definition) is 3. The van der Waals surface area contributed by atoms with Crippen molar-refractivity contribution in [2.45, 2.75) is 5.25 Å². The zero-order valence-corrected chi connectivity index (χ0v) is 9.07. The highest BCUT2D eigenvalue weighted by Crippen LogP contribution is 2.33. The lowest BCUT2D eigenvalue weighted by Crippen LogP contribution is -2.37. The summed E-state index contributed by atoms with van der Waals surface area (Å²) >= 11 is 0. The normalized spacial score (nSPS) is 18.1. The van der Waals surface area contributed by atoms with E-state index in [-0.39, 0.29) is 0 Å². The highest BCUT2D eigenvalue weighted by atomic mass is 32.2. The summed E-state index contributed by atoms with van der Waals surface area (Å²) in [6.07, 6.45) is 3.23. The Balaban J connectivity index is 2.39. The summed E-state index contributed by atoms with van der Waals surface area (Å²) in [5.41, 5.74) is 6.30. The van der Waals surface area contributed by atoms with Crippen molar-refractivity contribution in [1.82, 2.24) is 4.72 Å². The molecule has 1 atom stereocenters. The van der Waals surface area contributed by atoms with Crippen LogP contribution in [-0.2, 0) is 10.0 Å². The third-order valence-corrected chi connectivity index (χ3v) is 3.90. The fourth-order valence-corrected chi connectivity index (χ4v) is 2.93. The van der Waals surface area contributed by atoms with Gasteiger partial charge in [0.15, 0.2) is 0 Å². The van der Waals surface area contributed by atoms with Gasteiger partial charge in [0.05, 0.1) is 0 Å². The molecule has 2 amide bonds. The molecule has 3 N–H and O–H groups in total. The van der Waals surface area contributed by atoms with E-state index in [1.54, 1.807) is 22.9 Å². The molecule has 6 heteroatoms. The fraction of sp³-hybridized carbons (Fsp3) is 0.100. The molecule has 1 unspecified atom stereocenters. The number of nitrogens with two attached hydrogens (primary N) is 1. The third-order valence-electron chi connectivity index (χ3n) is 2.33. The van der Waals surface area contributed by atoms with Crippen molar-refractivity contribution in [1.29, 1.82) is 0 Å². The predicted octanol–water partition coefficient (Wildman–Crippen LogP) is 0.753. The Kier molecular flexibility index (Phi) is 2.43. The van der Waals surface area contributed by atoms with E-state index in [0.29, 0.717) is 5.56 Å². The van der Waals surface area contributed by atoms with E-state index in [2.05, 4.69) is 0 Å². The van der Waals surface area contributed by atoms with Crippen LogP contribution in [0.25, 0.3) is 6.08 Å². The smallest absolute Gasteiger partial charge is 0.325 e. The summed E-state index contributed by atoms with van der Waals surface area (Å²) in [6, 6.07) is 6.02. The number of rotatable bonds is 2. The minimum absolute atomic E-state index is 0.649. The van der Waals surface area contributed by atoms with Crippen LogP contribution in [0.4, 0.5) is 4.79 Å². The zero-order valence-electron chi connectivity index (χ0n) is 8.25. The van der Waals surface area contributed by atoms with Crippen LogP contribution in [0.15, 0.2) is 30.3 Å². The van der Waals surface area contributed by atoms with Gasteiger partial charge in [0, 0.05) is 0 Å². The summed E-state index contributed by atoms with van der Waals surface area (Å²) in [6.45, 7) is 0. The lowest BCUT2D eigenvalue weighted by molar-refractivity contribution is 0.253. The quantitative estimate of drug-likeness (QED) is 0.796. The lowest BCUT2D eigenvalue weighted by atomic mass is 10.1. The van der Waals surface area contributed by atoms with Gasteiger partial charge in [-0.05, 0) is 11.1 Å². The number of benzene rings is 1. The molecule has 0 saturated carbocycles. The van der Waals surface area contributed by atoms with Crippen LogP contribution in [0.5, 0.6) is 0 Å². The van der Waals surface area contributed by atoms with Crippen molar-refractivity contribution in [2.75, 3.05) is 0 Å². The molecule has 0 bridgehead atoms. The summed E-state index contributed by atoms with van der Waals surface area (Å²) in [5.74, 6) is 0. The average molecular weight is 238 g/mol. The second kappa shape index (κ2) is 3.64. The molecule has 1 aliphatic rings. The Morgan fingerprint density at radius 1 is 1.31 bits per heavy atom. The molecule has 5 nitrogen and oxygen atoms in total. The fourth-order valence-electron chi connectivity index (χ4n) is 1.69. The van der Waals surface area contributed by atoms with Gasteiger partial charge in [0.25, 0.3) is 0 Å². The van der Waals surface area contributed by atoms with Gasteiger partial charge >= 0.3 is 6.03 Å². The van der Waals surface area contributed by atoms with E-state index in [0.717, 1.165) is 5.56 Å². The molecule has 0 aliphatic heterocycles. The Labute approximate surface area is 93.0 Å². The molecule has 84 valence electrons. The third kappa shape index (κ3) is 1.79. The largest absolute Gasteiger partial charge is 0.351 e. The topological polar surface area (TPSA) is 89.3 Å². The SMILES string of the molecule is NC(=O)NS(=O)(=O)C1C=Cc2ccccc21. The average Bonchev–Trinajstić information content (AvgIpc) is 2.59. The minimum Gasteiger partial charge on any atom is -0.351 e. The van der Waals surface area contributed by atoms with Crippen LogP contribution >= 0.6 is 0 Å². The summed E-state index contributed by atoms with van der Waals surface area (Å²) < 4.78 is 25.2. The number of primary amides is 1. The number of urea groups is 1. The van der Waals surface area contributed by atoms with Crippen LogP contribution in [0, 0.1) is 0 Å². The molecule has 0 spiro atoms. The van der Waals surface area contributed by atoms with Gasteiger partial charge in [-0.15, -0.1) is 0 Å². The van der Waals surface area contributed by atoms with Crippen molar-refractivity contribution in [3.63, 3.8) is 0 Å². The molecule has 0 aromatic heterocycles. The lowest BCUT2D eigenvalue weighted by Gasteiger charge is -2.11. The molecular formula is C10H10N2O3S. The van der Waals surface area contributed by atoms with E-state index < -0.39 is 21.3 Å². The van der Waals surface area contributed by atoms with Crippen molar-refractivity contribution < 1.29 is 13.2 Å². The first kappa shape index (κ1) is 10.7. The summed E-state index contributed by atoms with van der Waals surface area (Å²) in [7, 11) is -3.78. The molecule has 1 aromatic carbocycles. The molecule has 0 heterocycles. The highest BCUT2D eigenvalue weighted by molar-refractivity contribution is 7.90. The Morgan fingerprint density at radius 3 is 2.69 bits per heavy atom. The second-order valence-electron chi connectivity index (χ2n) is 3.42. The first-order valence-corrected chi connectivity index (χ1v) is 6.13. The van der Waals surface area contributed by atoms with Gasteiger partial charge in [-0.3, -0.25) is 0 Å². The second-order valence-corrected chi connectivity index (χ2v) is 5.22. The van der Waals surface area contributed by atoms with Crippen molar-refractivity contribution >= 4 is 22.1 Å². The summed E-state index contributed by atoms with van der Waals surface area (Å²) in [4.78, 5) is 10.6. The Morgan fingerprint density at radius 2 is 2.00 bits per heavy atom. The van der Waals surface area contributed by atoms with E-state index in [9.17, 15) is 13.2 Å². The van der Waals surface area contributed by atoms with Crippen LogP contribution in [0.3, 0.4) is 0 Å². The van der Waals surface area contributed by atoms with Gasteiger partial charge < -0.3 is 5.73 Å². The predicted molar refractivity (Wildman–Crippen MR) is 59.9 cm³/mol. The Bertz CT molecular complexity index is 563. The standard InChI is InChI=1S/C10H10N2O3S/c11-10(13)12-16(14,15)9-6-5-7-3-1-2-4-8(7)9/h1-6,9H,(H3,11,12,13).